The van der Waals surface area contributed by atoms with Crippen LogP contribution < -0.4 is 9.47 Å². The van der Waals surface area contributed by atoms with Crippen LogP contribution in [0.2, 0.25) is 0 Å². The zero-order valence-electron chi connectivity index (χ0n) is 19.6. The zero-order valence-corrected chi connectivity index (χ0v) is 20.4. The van der Waals surface area contributed by atoms with Crippen molar-refractivity contribution in [3.05, 3.63) is 61.2 Å². The first kappa shape index (κ1) is 26.9. The van der Waals surface area contributed by atoms with Gasteiger partial charge in [-0.3, -0.25) is 4.55 Å². The molecule has 0 saturated carbocycles. The largest absolute Gasteiger partial charge is 0.493 e. The normalized spacial score (nSPS) is 11.3. The van der Waals surface area contributed by atoms with Crippen LogP contribution in [0.4, 0.5) is 0 Å². The van der Waals surface area contributed by atoms with E-state index < -0.39 is 10.1 Å². The molecule has 2 aromatic carbocycles. The van der Waals surface area contributed by atoms with Gasteiger partial charge >= 0.3 is 0 Å². The lowest BCUT2D eigenvalue weighted by Gasteiger charge is -2.17. The van der Waals surface area contributed by atoms with Crippen molar-refractivity contribution >= 4 is 10.1 Å². The summed E-state index contributed by atoms with van der Waals surface area (Å²) in [6.07, 6.45) is 11.5. The van der Waals surface area contributed by atoms with Crippen molar-refractivity contribution in [3.63, 3.8) is 0 Å². The lowest BCUT2D eigenvalue weighted by Crippen LogP contribution is -2.03. The Morgan fingerprint density at radius 1 is 0.727 bits per heavy atom. The highest BCUT2D eigenvalue weighted by Crippen LogP contribution is 2.38. The van der Waals surface area contributed by atoms with Gasteiger partial charge in [0, 0.05) is 0 Å². The summed E-state index contributed by atoms with van der Waals surface area (Å²) in [7, 11) is -3.83. The highest BCUT2D eigenvalue weighted by atomic mass is 32.2. The van der Waals surface area contributed by atoms with Crippen molar-refractivity contribution in [2.24, 2.45) is 0 Å². The monoisotopic (exact) mass is 474 g/mol. The Bertz CT molecular complexity index is 909. The Labute approximate surface area is 199 Å². The maximum absolute atomic E-state index is 10.7. The van der Waals surface area contributed by atoms with Crippen LogP contribution in [0.1, 0.15) is 64.2 Å². The molecule has 5 nitrogen and oxygen atoms in total. The average Bonchev–Trinajstić information content (AvgIpc) is 2.80. The molecule has 6 heteroatoms. The van der Waals surface area contributed by atoms with Crippen LogP contribution in [0, 0.1) is 0 Å². The molecule has 0 unspecified atom stereocenters. The minimum atomic E-state index is -3.83. The van der Waals surface area contributed by atoms with Gasteiger partial charge in [-0.15, -0.1) is 6.58 Å². The summed E-state index contributed by atoms with van der Waals surface area (Å²) in [6.45, 7) is 5.07. The molecule has 2 rings (SSSR count). The van der Waals surface area contributed by atoms with Gasteiger partial charge in [0.1, 0.15) is 11.5 Å². The van der Waals surface area contributed by atoms with Gasteiger partial charge in [0.15, 0.2) is 0 Å². The van der Waals surface area contributed by atoms with Gasteiger partial charge in [-0.2, -0.15) is 8.42 Å². The summed E-state index contributed by atoms with van der Waals surface area (Å²) >= 11 is 0. The smallest absolute Gasteiger partial charge is 0.264 e. The zero-order chi connectivity index (χ0) is 23.8. The van der Waals surface area contributed by atoms with E-state index in [1.165, 1.54) is 0 Å². The Hall–Kier alpha value is -2.31. The van der Waals surface area contributed by atoms with Crippen molar-refractivity contribution in [2.75, 3.05) is 19.0 Å². The molecule has 0 aliphatic rings. The van der Waals surface area contributed by atoms with Crippen LogP contribution >= 0.6 is 0 Å². The van der Waals surface area contributed by atoms with Gasteiger partial charge in [-0.05, 0) is 56.2 Å². The molecule has 0 amide bonds. The van der Waals surface area contributed by atoms with Gasteiger partial charge in [-0.25, -0.2) is 0 Å². The molecule has 33 heavy (non-hydrogen) atoms. The fourth-order valence-electron chi connectivity index (χ4n) is 3.67. The van der Waals surface area contributed by atoms with Crippen LogP contribution in [0.25, 0.3) is 11.1 Å². The molecule has 1 N–H and O–H groups in total. The molecule has 0 saturated heterocycles. The molecule has 0 aromatic heterocycles. The van der Waals surface area contributed by atoms with E-state index in [1.54, 1.807) is 0 Å². The predicted octanol–water partition coefficient (Wildman–Crippen LogP) is 7.09. The van der Waals surface area contributed by atoms with E-state index >= 15 is 0 Å². The Balaban J connectivity index is 1.85. The standard InChI is InChI=1S/C27H38O5S/c1-2-3-4-7-13-21-31-25-19-16-20-26(27(25)24-17-11-10-12-18-24)32-22-14-8-5-6-9-15-23-33(28,29)30/h2,10-12,16-20H,1,3-9,13-15,21-23H2,(H,28,29,30). The second-order valence-corrected chi connectivity index (χ2v) is 9.81. The molecular formula is C27H38O5S. The number of benzene rings is 2. The summed E-state index contributed by atoms with van der Waals surface area (Å²) in [5.74, 6) is 1.53. The third-order valence-corrected chi connectivity index (χ3v) is 6.22. The first-order chi connectivity index (χ1) is 16.0. The van der Waals surface area contributed by atoms with Gasteiger partial charge in [-0.1, -0.05) is 68.2 Å². The van der Waals surface area contributed by atoms with Gasteiger partial charge in [0.25, 0.3) is 10.1 Å². The summed E-state index contributed by atoms with van der Waals surface area (Å²) < 4.78 is 42.5. The minimum Gasteiger partial charge on any atom is -0.493 e. The molecule has 0 aliphatic heterocycles. The maximum atomic E-state index is 10.7. The van der Waals surface area contributed by atoms with Gasteiger partial charge < -0.3 is 9.47 Å². The molecule has 0 heterocycles. The summed E-state index contributed by atoms with van der Waals surface area (Å²) in [5.41, 5.74) is 2.07. The molecule has 0 fully saturated rings. The van der Waals surface area contributed by atoms with Gasteiger partial charge in [0.05, 0.1) is 24.5 Å². The molecular weight excluding hydrogens is 436 g/mol. The van der Waals surface area contributed by atoms with Gasteiger partial charge in [0.2, 0.25) is 0 Å². The Morgan fingerprint density at radius 2 is 1.27 bits per heavy atom. The highest BCUT2D eigenvalue weighted by molar-refractivity contribution is 7.85. The molecule has 182 valence electrons. The quantitative estimate of drug-likeness (QED) is 0.142. The third-order valence-electron chi connectivity index (χ3n) is 5.41. The van der Waals surface area contributed by atoms with Crippen LogP contribution in [0.15, 0.2) is 61.2 Å². The fourth-order valence-corrected chi connectivity index (χ4v) is 4.24. The summed E-state index contributed by atoms with van der Waals surface area (Å²) in [5, 5.41) is 0. The average molecular weight is 475 g/mol. The summed E-state index contributed by atoms with van der Waals surface area (Å²) in [6, 6.07) is 16.2. The van der Waals surface area contributed by atoms with Crippen molar-refractivity contribution in [1.29, 1.82) is 0 Å². The number of hydrogen-bond donors (Lipinski definition) is 1. The number of unbranched alkanes of at least 4 members (excludes halogenated alkanes) is 8. The van der Waals surface area contributed by atoms with E-state index in [0.717, 1.165) is 80.4 Å². The number of allylic oxidation sites excluding steroid dienone is 1. The number of hydrogen-bond acceptors (Lipinski definition) is 4. The van der Waals surface area contributed by atoms with Crippen LogP contribution in [-0.2, 0) is 10.1 Å². The summed E-state index contributed by atoms with van der Waals surface area (Å²) in [4.78, 5) is 0. The fraction of sp³-hybridized carbons (Fsp3) is 0.481. The van der Waals surface area contributed by atoms with E-state index in [0.29, 0.717) is 19.6 Å². The van der Waals surface area contributed by atoms with Crippen LogP contribution in [-0.4, -0.2) is 31.9 Å². The first-order valence-corrected chi connectivity index (χ1v) is 13.6. The second kappa shape index (κ2) is 15.5. The maximum Gasteiger partial charge on any atom is 0.264 e. The van der Waals surface area contributed by atoms with Crippen molar-refractivity contribution < 1.29 is 22.4 Å². The number of rotatable bonds is 18. The van der Waals surface area contributed by atoms with Crippen molar-refractivity contribution in [3.8, 4) is 22.6 Å². The molecule has 0 aliphatic carbocycles. The Kier molecular flexibility index (Phi) is 12.7. The van der Waals surface area contributed by atoms with Crippen LogP contribution in [0.3, 0.4) is 0 Å². The van der Waals surface area contributed by atoms with E-state index in [9.17, 15) is 8.42 Å². The lowest BCUT2D eigenvalue weighted by molar-refractivity contribution is 0.292. The molecule has 0 spiro atoms. The molecule has 2 aromatic rings. The van der Waals surface area contributed by atoms with E-state index in [1.807, 2.05) is 42.5 Å². The topological polar surface area (TPSA) is 72.8 Å². The highest BCUT2D eigenvalue weighted by Gasteiger charge is 2.13. The lowest BCUT2D eigenvalue weighted by atomic mass is 10.0. The van der Waals surface area contributed by atoms with Crippen molar-refractivity contribution in [2.45, 2.75) is 64.2 Å². The predicted molar refractivity (Wildman–Crippen MR) is 136 cm³/mol. The van der Waals surface area contributed by atoms with E-state index in [-0.39, 0.29) is 5.75 Å². The molecule has 0 radical (unpaired) electrons. The van der Waals surface area contributed by atoms with Crippen LogP contribution in [0.5, 0.6) is 11.5 Å². The minimum absolute atomic E-state index is 0.147. The second-order valence-electron chi connectivity index (χ2n) is 8.24. The number of ether oxygens (including phenoxy) is 2. The Morgan fingerprint density at radius 3 is 1.85 bits per heavy atom. The molecule has 0 bridgehead atoms. The van der Waals surface area contributed by atoms with E-state index in [2.05, 4.69) is 18.7 Å². The third kappa shape index (κ3) is 11.4. The SMILES string of the molecule is C=CCCCCCOc1cccc(OCCCCCCCCS(=O)(=O)O)c1-c1ccccc1. The molecule has 0 atom stereocenters. The first-order valence-electron chi connectivity index (χ1n) is 12.0. The van der Waals surface area contributed by atoms with Crippen molar-refractivity contribution in [1.82, 2.24) is 0 Å². The van der Waals surface area contributed by atoms with E-state index in [4.69, 9.17) is 14.0 Å².